The minimum absolute atomic E-state index is 0.00675. The Morgan fingerprint density at radius 1 is 1.06 bits per heavy atom. The highest BCUT2D eigenvalue weighted by Gasteiger charge is 2.29. The van der Waals surface area contributed by atoms with Crippen LogP contribution in [0.25, 0.3) is 0 Å². The van der Waals surface area contributed by atoms with E-state index in [1.165, 1.54) is 34.4 Å². The number of amides is 2. The van der Waals surface area contributed by atoms with Gasteiger partial charge in [0.2, 0.25) is 0 Å². The largest absolute Gasteiger partial charge is 0.349 e. The van der Waals surface area contributed by atoms with Gasteiger partial charge >= 0.3 is 0 Å². The summed E-state index contributed by atoms with van der Waals surface area (Å²) in [5.41, 5.74) is 4.43. The molecule has 0 radical (unpaired) electrons. The number of fused-ring (bicyclic) bond motifs is 2. The monoisotopic (exact) mass is 443 g/mol. The third-order valence-electron chi connectivity index (χ3n) is 6.57. The van der Waals surface area contributed by atoms with Crippen molar-refractivity contribution in [3.63, 3.8) is 0 Å². The number of hydrogen-bond donors (Lipinski definition) is 1. The van der Waals surface area contributed by atoms with Gasteiger partial charge in [0.05, 0.1) is 5.56 Å². The Balaban J connectivity index is 1.38. The van der Waals surface area contributed by atoms with Gasteiger partial charge in [0, 0.05) is 44.8 Å². The summed E-state index contributed by atoms with van der Waals surface area (Å²) < 4.78 is 1.43. The average molecular weight is 444 g/mol. The van der Waals surface area contributed by atoms with Crippen molar-refractivity contribution in [3.05, 3.63) is 92.9 Å². The van der Waals surface area contributed by atoms with Crippen molar-refractivity contribution in [1.82, 2.24) is 24.8 Å². The maximum Gasteiger partial charge on any atom is 0.263 e. The summed E-state index contributed by atoms with van der Waals surface area (Å²) in [7, 11) is 1.64. The van der Waals surface area contributed by atoms with Gasteiger partial charge in [-0.25, -0.2) is 9.97 Å². The molecule has 1 aromatic carbocycles. The second-order valence-electron chi connectivity index (χ2n) is 8.71. The van der Waals surface area contributed by atoms with Gasteiger partial charge in [-0.05, 0) is 47.9 Å². The lowest BCUT2D eigenvalue weighted by Gasteiger charge is -2.31. The molecular weight excluding hydrogens is 418 g/mol. The number of aromatic nitrogens is 3. The maximum atomic E-state index is 13.3. The number of benzene rings is 1. The van der Waals surface area contributed by atoms with Crippen LogP contribution in [-0.2, 0) is 32.9 Å². The average Bonchev–Trinajstić information content (AvgIpc) is 2.84. The van der Waals surface area contributed by atoms with Gasteiger partial charge in [-0.2, -0.15) is 0 Å². The Hall–Kier alpha value is -3.81. The third kappa shape index (κ3) is 4.04. The molecule has 0 saturated carbocycles. The van der Waals surface area contributed by atoms with Crippen molar-refractivity contribution in [3.8, 4) is 0 Å². The van der Waals surface area contributed by atoms with Crippen LogP contribution in [0.1, 0.15) is 49.4 Å². The highest BCUT2D eigenvalue weighted by atomic mass is 16.2. The lowest BCUT2D eigenvalue weighted by Crippen LogP contribution is -2.44. The van der Waals surface area contributed by atoms with E-state index in [0.29, 0.717) is 25.1 Å². The Labute approximate surface area is 191 Å². The van der Waals surface area contributed by atoms with E-state index in [1.807, 2.05) is 12.1 Å². The zero-order valence-electron chi connectivity index (χ0n) is 18.5. The van der Waals surface area contributed by atoms with Crippen LogP contribution >= 0.6 is 0 Å². The summed E-state index contributed by atoms with van der Waals surface area (Å²) in [6, 6.07) is 8.27. The molecule has 168 valence electrons. The van der Waals surface area contributed by atoms with Crippen LogP contribution in [0.15, 0.2) is 54.0 Å². The molecule has 5 rings (SSSR count). The van der Waals surface area contributed by atoms with Gasteiger partial charge in [-0.3, -0.25) is 14.4 Å². The molecule has 8 heteroatoms. The quantitative estimate of drug-likeness (QED) is 0.664. The lowest BCUT2D eigenvalue weighted by molar-refractivity contribution is 0.0733. The van der Waals surface area contributed by atoms with E-state index in [-0.39, 0.29) is 29.0 Å². The van der Waals surface area contributed by atoms with Gasteiger partial charge in [-0.15, -0.1) is 0 Å². The summed E-state index contributed by atoms with van der Waals surface area (Å²) >= 11 is 0. The van der Waals surface area contributed by atoms with Gasteiger partial charge in [0.25, 0.3) is 17.4 Å². The molecule has 1 unspecified atom stereocenters. The molecule has 1 aliphatic carbocycles. The lowest BCUT2D eigenvalue weighted by atomic mass is 9.88. The van der Waals surface area contributed by atoms with Gasteiger partial charge in [0.15, 0.2) is 0 Å². The third-order valence-corrected chi connectivity index (χ3v) is 6.57. The van der Waals surface area contributed by atoms with Crippen molar-refractivity contribution < 1.29 is 9.59 Å². The number of hydrogen-bond acceptors (Lipinski definition) is 5. The van der Waals surface area contributed by atoms with Crippen molar-refractivity contribution in [2.45, 2.75) is 38.3 Å². The predicted octanol–water partition coefficient (Wildman–Crippen LogP) is 1.66. The van der Waals surface area contributed by atoms with Crippen molar-refractivity contribution in [2.24, 2.45) is 7.05 Å². The van der Waals surface area contributed by atoms with Crippen LogP contribution in [0.3, 0.4) is 0 Å². The van der Waals surface area contributed by atoms with Crippen LogP contribution in [0, 0.1) is 0 Å². The summed E-state index contributed by atoms with van der Waals surface area (Å²) in [6.07, 6.45) is 9.06. The second-order valence-corrected chi connectivity index (χ2v) is 8.71. The van der Waals surface area contributed by atoms with Gasteiger partial charge in [0.1, 0.15) is 11.9 Å². The summed E-state index contributed by atoms with van der Waals surface area (Å²) in [5.74, 6) is -0.491. The van der Waals surface area contributed by atoms with Crippen LogP contribution in [0.4, 0.5) is 0 Å². The van der Waals surface area contributed by atoms with Crippen LogP contribution in [-0.4, -0.2) is 43.8 Å². The van der Waals surface area contributed by atoms with Crippen molar-refractivity contribution in [1.29, 1.82) is 0 Å². The molecule has 0 saturated heterocycles. The smallest absolute Gasteiger partial charge is 0.263 e. The number of carbonyl (C=O) groups is 2. The van der Waals surface area contributed by atoms with E-state index in [4.69, 9.17) is 0 Å². The normalized spacial score (nSPS) is 17.1. The number of pyridine rings is 1. The zero-order chi connectivity index (χ0) is 22.9. The molecule has 2 aliphatic rings. The number of carbonyl (C=O) groups excluding carboxylic acids is 2. The van der Waals surface area contributed by atoms with E-state index in [9.17, 15) is 14.4 Å². The number of nitrogens with zero attached hydrogens (tertiary/aromatic N) is 4. The van der Waals surface area contributed by atoms with Crippen molar-refractivity contribution in [2.75, 3.05) is 6.54 Å². The van der Waals surface area contributed by atoms with E-state index >= 15 is 0 Å². The van der Waals surface area contributed by atoms with Crippen LogP contribution < -0.4 is 10.9 Å². The van der Waals surface area contributed by atoms with E-state index < -0.39 is 0 Å². The fourth-order valence-electron chi connectivity index (χ4n) is 4.87. The molecule has 1 N–H and O–H groups in total. The minimum Gasteiger partial charge on any atom is -0.349 e. The molecule has 0 bridgehead atoms. The molecule has 2 aromatic heterocycles. The fourth-order valence-corrected chi connectivity index (χ4v) is 4.87. The Bertz CT molecular complexity index is 1280. The number of nitrogens with one attached hydrogen (secondary N) is 1. The zero-order valence-corrected chi connectivity index (χ0v) is 18.5. The van der Waals surface area contributed by atoms with E-state index in [1.54, 1.807) is 18.1 Å². The predicted molar refractivity (Wildman–Crippen MR) is 122 cm³/mol. The first-order valence-corrected chi connectivity index (χ1v) is 11.1. The Morgan fingerprint density at radius 3 is 2.61 bits per heavy atom. The van der Waals surface area contributed by atoms with Crippen LogP contribution in [0.5, 0.6) is 0 Å². The fraction of sp³-hybridized carbons (Fsp3) is 0.320. The summed E-state index contributed by atoms with van der Waals surface area (Å²) in [4.78, 5) is 48.6. The van der Waals surface area contributed by atoms with Crippen molar-refractivity contribution >= 4 is 11.8 Å². The van der Waals surface area contributed by atoms with Gasteiger partial charge < -0.3 is 14.8 Å². The van der Waals surface area contributed by atoms with Gasteiger partial charge in [-0.1, -0.05) is 24.3 Å². The summed E-state index contributed by atoms with van der Waals surface area (Å²) in [6.45, 7) is 0.749. The minimum atomic E-state index is -0.326. The standard InChI is InChI=1S/C25H25N5O3/c1-29-13-19-14-30(24(32)18-11-26-15-27-12-18)9-8-21(19)22(25(29)33)23(31)28-20-7-6-16-4-2-3-5-17(16)10-20/h2-5,11-13,15,20H,6-10,14H2,1H3,(H,28,31). The molecule has 1 atom stereocenters. The highest BCUT2D eigenvalue weighted by molar-refractivity contribution is 5.96. The first kappa shape index (κ1) is 21.1. The first-order chi connectivity index (χ1) is 16.0. The first-order valence-electron chi connectivity index (χ1n) is 11.1. The molecule has 0 spiro atoms. The van der Waals surface area contributed by atoms with Crippen LogP contribution in [0.2, 0.25) is 0 Å². The summed E-state index contributed by atoms with van der Waals surface area (Å²) in [5, 5.41) is 3.10. The maximum absolute atomic E-state index is 13.3. The van der Waals surface area contributed by atoms with E-state index in [2.05, 4.69) is 27.4 Å². The molecule has 3 heterocycles. The Morgan fingerprint density at radius 2 is 1.82 bits per heavy atom. The molecule has 8 nitrogen and oxygen atoms in total. The molecule has 3 aromatic rings. The Kier molecular flexibility index (Phi) is 5.50. The highest BCUT2D eigenvalue weighted by Crippen LogP contribution is 2.24. The number of aryl methyl sites for hydroxylation is 2. The molecule has 2 amide bonds. The molecular formula is C25H25N5O3. The SMILES string of the molecule is Cn1cc2c(c(C(=O)NC3CCc4ccccc4C3)c1=O)CCN(C(=O)c1cncnc1)C2. The molecule has 33 heavy (non-hydrogen) atoms. The van der Waals surface area contributed by atoms with E-state index in [0.717, 1.165) is 30.4 Å². The molecule has 0 fully saturated rings. The number of rotatable bonds is 3. The topological polar surface area (TPSA) is 97.2 Å². The second kappa shape index (κ2) is 8.61. The molecule has 1 aliphatic heterocycles.